The van der Waals surface area contributed by atoms with E-state index in [-0.39, 0.29) is 18.8 Å². The molecule has 0 aliphatic carbocycles. The standard InChI is InChI=1S/C28H35N5O6/c1-16(2)24(33-25(35)20(29)15-34)27(37)31-22(12-17-8-4-3-5-9-17)26(36)32-23(28(38)39)13-18-14-30-21-11-7-6-10-19(18)21/h3-11,14,16,20,22-24,30,34H,12-13,15,29H2,1-2H3,(H,31,37)(H,32,36)(H,33,35)(H,38,39). The lowest BCUT2D eigenvalue weighted by Crippen LogP contribution is -2.59. The summed E-state index contributed by atoms with van der Waals surface area (Å²) in [5, 5.41) is 27.7. The number of nitrogens with one attached hydrogen (secondary N) is 4. The quantitative estimate of drug-likeness (QED) is 0.165. The number of aliphatic hydroxyl groups is 1. The molecule has 0 fully saturated rings. The molecule has 39 heavy (non-hydrogen) atoms. The molecule has 208 valence electrons. The SMILES string of the molecule is CC(C)C(NC(=O)C(N)CO)C(=O)NC(Cc1ccccc1)C(=O)NC(Cc1c[nH]c2ccccc12)C(=O)O. The number of hydrogen-bond acceptors (Lipinski definition) is 6. The summed E-state index contributed by atoms with van der Waals surface area (Å²) >= 11 is 0. The minimum absolute atomic E-state index is 0.0286. The van der Waals surface area contributed by atoms with Gasteiger partial charge in [-0.15, -0.1) is 0 Å². The molecule has 2 aromatic carbocycles. The number of aromatic nitrogens is 1. The first kappa shape index (κ1) is 29.3. The molecule has 4 unspecified atom stereocenters. The first-order valence-electron chi connectivity index (χ1n) is 12.7. The van der Waals surface area contributed by atoms with E-state index in [2.05, 4.69) is 20.9 Å². The van der Waals surface area contributed by atoms with Crippen molar-refractivity contribution in [3.8, 4) is 0 Å². The van der Waals surface area contributed by atoms with Crippen molar-refractivity contribution in [2.45, 2.75) is 50.9 Å². The smallest absolute Gasteiger partial charge is 0.326 e. The summed E-state index contributed by atoms with van der Waals surface area (Å²) in [6.45, 7) is 2.83. The van der Waals surface area contributed by atoms with Crippen LogP contribution >= 0.6 is 0 Å². The lowest BCUT2D eigenvalue weighted by molar-refractivity contribution is -0.142. The van der Waals surface area contributed by atoms with Gasteiger partial charge in [0.15, 0.2) is 0 Å². The number of carbonyl (C=O) groups is 4. The summed E-state index contributed by atoms with van der Waals surface area (Å²) in [7, 11) is 0. The Kier molecular flexibility index (Phi) is 10.2. The molecule has 0 bridgehead atoms. The van der Waals surface area contributed by atoms with Crippen molar-refractivity contribution < 1.29 is 29.4 Å². The van der Waals surface area contributed by atoms with Crippen LogP contribution in [0.5, 0.6) is 0 Å². The number of carbonyl (C=O) groups excluding carboxylic acids is 3. The third kappa shape index (κ3) is 7.88. The molecule has 3 aromatic rings. The van der Waals surface area contributed by atoms with Crippen molar-refractivity contribution in [2.75, 3.05) is 6.61 Å². The summed E-state index contributed by atoms with van der Waals surface area (Å²) in [5.41, 5.74) is 7.89. The summed E-state index contributed by atoms with van der Waals surface area (Å²) < 4.78 is 0. The average molecular weight is 538 g/mol. The molecule has 0 spiro atoms. The van der Waals surface area contributed by atoms with E-state index in [4.69, 9.17) is 10.8 Å². The second-order valence-electron chi connectivity index (χ2n) is 9.73. The van der Waals surface area contributed by atoms with Gasteiger partial charge in [-0.1, -0.05) is 62.4 Å². The number of H-pyrrole nitrogens is 1. The van der Waals surface area contributed by atoms with Crippen LogP contribution in [0.3, 0.4) is 0 Å². The molecule has 0 saturated carbocycles. The molecule has 3 amide bonds. The van der Waals surface area contributed by atoms with Crippen molar-refractivity contribution in [3.05, 3.63) is 71.9 Å². The molecular weight excluding hydrogens is 502 g/mol. The van der Waals surface area contributed by atoms with Crippen molar-refractivity contribution in [2.24, 2.45) is 11.7 Å². The molecule has 1 aromatic heterocycles. The maximum Gasteiger partial charge on any atom is 0.326 e. The molecule has 1 heterocycles. The van der Waals surface area contributed by atoms with Gasteiger partial charge in [-0.3, -0.25) is 14.4 Å². The highest BCUT2D eigenvalue weighted by Gasteiger charge is 2.32. The largest absolute Gasteiger partial charge is 0.480 e. The van der Waals surface area contributed by atoms with Crippen LogP contribution in [-0.2, 0) is 32.0 Å². The Labute approximate surface area is 226 Å². The summed E-state index contributed by atoms with van der Waals surface area (Å²) in [6, 6.07) is 11.8. The number of para-hydroxylation sites is 1. The highest BCUT2D eigenvalue weighted by Crippen LogP contribution is 2.19. The van der Waals surface area contributed by atoms with Gasteiger partial charge in [0.25, 0.3) is 0 Å². The normalized spacial score (nSPS) is 14.3. The number of benzene rings is 2. The fourth-order valence-electron chi connectivity index (χ4n) is 4.19. The van der Waals surface area contributed by atoms with Crippen LogP contribution in [-0.4, -0.2) is 69.7 Å². The van der Waals surface area contributed by atoms with Crippen molar-refractivity contribution >= 4 is 34.6 Å². The fraction of sp³-hybridized carbons (Fsp3) is 0.357. The molecular formula is C28H35N5O6. The first-order chi connectivity index (χ1) is 18.6. The first-order valence-corrected chi connectivity index (χ1v) is 12.7. The predicted molar refractivity (Wildman–Crippen MR) is 145 cm³/mol. The Hall–Kier alpha value is -4.22. The van der Waals surface area contributed by atoms with Crippen LogP contribution in [0, 0.1) is 5.92 Å². The Balaban J connectivity index is 1.81. The van der Waals surface area contributed by atoms with Gasteiger partial charge in [0.1, 0.15) is 24.2 Å². The van der Waals surface area contributed by atoms with Gasteiger partial charge in [0.05, 0.1) is 6.61 Å². The summed E-state index contributed by atoms with van der Waals surface area (Å²) in [5.74, 6) is -3.61. The number of amides is 3. The highest BCUT2D eigenvalue weighted by atomic mass is 16.4. The zero-order valence-corrected chi connectivity index (χ0v) is 21.9. The molecule has 0 aliphatic heterocycles. The van der Waals surface area contributed by atoms with E-state index in [1.807, 2.05) is 30.3 Å². The monoisotopic (exact) mass is 537 g/mol. The fourth-order valence-corrected chi connectivity index (χ4v) is 4.19. The second kappa shape index (κ2) is 13.5. The van der Waals surface area contributed by atoms with Crippen LogP contribution < -0.4 is 21.7 Å². The van der Waals surface area contributed by atoms with Gasteiger partial charge in [-0.05, 0) is 23.1 Å². The van der Waals surface area contributed by atoms with Gasteiger partial charge >= 0.3 is 5.97 Å². The Morgan fingerprint density at radius 3 is 2.13 bits per heavy atom. The van der Waals surface area contributed by atoms with Crippen LogP contribution in [0.2, 0.25) is 0 Å². The van der Waals surface area contributed by atoms with Crippen LogP contribution in [0.25, 0.3) is 10.9 Å². The van der Waals surface area contributed by atoms with Crippen molar-refractivity contribution in [1.29, 1.82) is 0 Å². The van der Waals surface area contributed by atoms with E-state index in [1.165, 1.54) is 0 Å². The molecule has 4 atom stereocenters. The number of hydrogen-bond donors (Lipinski definition) is 7. The Morgan fingerprint density at radius 2 is 1.49 bits per heavy atom. The number of aliphatic carboxylic acids is 1. The van der Waals surface area contributed by atoms with E-state index in [1.54, 1.807) is 44.3 Å². The highest BCUT2D eigenvalue weighted by molar-refractivity contribution is 5.94. The number of carboxylic acid groups (broad SMARTS) is 1. The van der Waals surface area contributed by atoms with Gasteiger partial charge in [0, 0.05) is 29.9 Å². The second-order valence-corrected chi connectivity index (χ2v) is 9.73. The number of carboxylic acids is 1. The van der Waals surface area contributed by atoms with E-state index in [0.29, 0.717) is 0 Å². The lowest BCUT2D eigenvalue weighted by Gasteiger charge is -2.27. The zero-order valence-electron chi connectivity index (χ0n) is 21.9. The number of aromatic amines is 1. The van der Waals surface area contributed by atoms with Crippen LogP contribution in [0.4, 0.5) is 0 Å². The lowest BCUT2D eigenvalue weighted by atomic mass is 10.00. The zero-order chi connectivity index (χ0) is 28.5. The van der Waals surface area contributed by atoms with Crippen LogP contribution in [0.1, 0.15) is 25.0 Å². The van der Waals surface area contributed by atoms with E-state index >= 15 is 0 Å². The topological polar surface area (TPSA) is 187 Å². The van der Waals surface area contributed by atoms with Gasteiger partial charge in [-0.25, -0.2) is 4.79 Å². The van der Waals surface area contributed by atoms with Crippen LogP contribution in [0.15, 0.2) is 60.8 Å². The predicted octanol–water partition coefficient (Wildman–Crippen LogP) is 0.468. The molecule has 0 saturated heterocycles. The number of fused-ring (bicyclic) bond motifs is 1. The van der Waals surface area contributed by atoms with E-state index in [9.17, 15) is 24.3 Å². The summed E-state index contributed by atoms with van der Waals surface area (Å²) in [4.78, 5) is 54.1. The number of nitrogens with two attached hydrogens (primary N) is 1. The van der Waals surface area contributed by atoms with Crippen molar-refractivity contribution in [3.63, 3.8) is 0 Å². The Morgan fingerprint density at radius 1 is 0.846 bits per heavy atom. The van der Waals surface area contributed by atoms with E-state index < -0.39 is 54.5 Å². The molecule has 0 radical (unpaired) electrons. The van der Waals surface area contributed by atoms with Gasteiger partial charge in [-0.2, -0.15) is 0 Å². The minimum atomic E-state index is -1.25. The minimum Gasteiger partial charge on any atom is -0.480 e. The molecule has 8 N–H and O–H groups in total. The van der Waals surface area contributed by atoms with Gasteiger partial charge < -0.3 is 36.9 Å². The van der Waals surface area contributed by atoms with Crippen molar-refractivity contribution in [1.82, 2.24) is 20.9 Å². The third-order valence-electron chi connectivity index (χ3n) is 6.41. The molecule has 3 rings (SSSR count). The maximum absolute atomic E-state index is 13.4. The number of rotatable bonds is 13. The molecule has 0 aliphatic rings. The molecule has 11 nitrogen and oxygen atoms in total. The van der Waals surface area contributed by atoms with E-state index in [0.717, 1.165) is 22.0 Å². The van der Waals surface area contributed by atoms with Gasteiger partial charge in [0.2, 0.25) is 17.7 Å². The third-order valence-corrected chi connectivity index (χ3v) is 6.41. The molecule has 11 heteroatoms. The Bertz CT molecular complexity index is 1290. The maximum atomic E-state index is 13.4. The average Bonchev–Trinajstić information content (AvgIpc) is 3.33. The number of aliphatic hydroxyl groups excluding tert-OH is 1. The summed E-state index contributed by atoms with van der Waals surface area (Å²) in [6.07, 6.45) is 1.83.